The highest BCUT2D eigenvalue weighted by molar-refractivity contribution is 5.85. The lowest BCUT2D eigenvalue weighted by molar-refractivity contribution is 0.275. The zero-order valence-electron chi connectivity index (χ0n) is 6.52. The molecule has 0 spiro atoms. The highest BCUT2D eigenvalue weighted by Gasteiger charge is 2.01. The van der Waals surface area contributed by atoms with Gasteiger partial charge in [0.2, 0.25) is 0 Å². The first-order chi connectivity index (χ1) is 4.75. The molecule has 0 fully saturated rings. The smallest absolute Gasteiger partial charge is 0.142 e. The van der Waals surface area contributed by atoms with Gasteiger partial charge in [-0.3, -0.25) is 4.98 Å². The number of hydrogen-bond donors (Lipinski definition) is 2. The van der Waals surface area contributed by atoms with Gasteiger partial charge >= 0.3 is 0 Å². The molecule has 0 saturated carbocycles. The maximum absolute atomic E-state index is 9.18. The third kappa shape index (κ3) is 2.85. The molecule has 0 amide bonds. The standard InChI is InChI=1S/C7H9NO2.2ClH/c1-5-7(10)6(4-9)2-3-8-5;;/h2-3,9-10H,4H2,1H3;2*1H. The molecule has 0 radical (unpaired) electrons. The molecule has 2 N–H and O–H groups in total. The predicted octanol–water partition coefficient (Wildman–Crippen LogP) is 1.43. The summed E-state index contributed by atoms with van der Waals surface area (Å²) in [4.78, 5) is 3.83. The van der Waals surface area contributed by atoms with E-state index in [0.717, 1.165) is 0 Å². The van der Waals surface area contributed by atoms with Crippen molar-refractivity contribution in [1.29, 1.82) is 0 Å². The summed E-state index contributed by atoms with van der Waals surface area (Å²) in [7, 11) is 0. The van der Waals surface area contributed by atoms with Gasteiger partial charge < -0.3 is 10.2 Å². The molecular weight excluding hydrogens is 201 g/mol. The van der Waals surface area contributed by atoms with Crippen molar-refractivity contribution < 1.29 is 10.2 Å². The zero-order chi connectivity index (χ0) is 7.56. The summed E-state index contributed by atoms with van der Waals surface area (Å²) in [6.07, 6.45) is 1.56. The molecule has 12 heavy (non-hydrogen) atoms. The van der Waals surface area contributed by atoms with E-state index in [1.165, 1.54) is 0 Å². The van der Waals surface area contributed by atoms with Gasteiger partial charge in [0.25, 0.3) is 0 Å². The predicted molar refractivity (Wildman–Crippen MR) is 51.1 cm³/mol. The Morgan fingerprint density at radius 3 is 2.42 bits per heavy atom. The maximum Gasteiger partial charge on any atom is 0.142 e. The third-order valence-electron chi connectivity index (χ3n) is 1.36. The fraction of sp³-hybridized carbons (Fsp3) is 0.286. The molecule has 70 valence electrons. The third-order valence-corrected chi connectivity index (χ3v) is 1.36. The summed E-state index contributed by atoms with van der Waals surface area (Å²) in [5, 5.41) is 17.8. The van der Waals surface area contributed by atoms with Gasteiger partial charge in [0, 0.05) is 11.8 Å². The Morgan fingerprint density at radius 1 is 1.42 bits per heavy atom. The molecule has 0 atom stereocenters. The summed E-state index contributed by atoms with van der Waals surface area (Å²) in [5.74, 6) is 0.0880. The van der Waals surface area contributed by atoms with Crippen LogP contribution in [0.5, 0.6) is 5.75 Å². The Kier molecular flexibility index (Phi) is 7.09. The molecule has 1 heterocycles. The quantitative estimate of drug-likeness (QED) is 0.740. The van der Waals surface area contributed by atoms with Crippen LogP contribution in [0, 0.1) is 6.92 Å². The molecule has 1 rings (SSSR count). The molecule has 1 aromatic rings. The Hall–Kier alpha value is -0.510. The first-order valence-electron chi connectivity index (χ1n) is 3.00. The fourth-order valence-electron chi connectivity index (χ4n) is 0.739. The molecule has 0 aliphatic carbocycles. The first kappa shape index (κ1) is 14.0. The second kappa shape index (κ2) is 6.06. The molecule has 3 nitrogen and oxygen atoms in total. The van der Waals surface area contributed by atoms with E-state index in [-0.39, 0.29) is 37.2 Å². The summed E-state index contributed by atoms with van der Waals surface area (Å²) in [6.45, 7) is 1.55. The van der Waals surface area contributed by atoms with E-state index in [1.807, 2.05) is 0 Å². The van der Waals surface area contributed by atoms with E-state index in [9.17, 15) is 5.11 Å². The van der Waals surface area contributed by atoms with Crippen LogP contribution in [0.15, 0.2) is 12.3 Å². The number of nitrogens with zero attached hydrogens (tertiary/aromatic N) is 1. The van der Waals surface area contributed by atoms with Crippen LogP contribution in [0.1, 0.15) is 11.3 Å². The van der Waals surface area contributed by atoms with Crippen LogP contribution in [0.2, 0.25) is 0 Å². The molecular formula is C7H11Cl2NO2. The molecule has 0 aliphatic rings. The Balaban J connectivity index is 0. The largest absolute Gasteiger partial charge is 0.506 e. The van der Waals surface area contributed by atoms with Gasteiger partial charge in [0.1, 0.15) is 5.75 Å². The summed E-state index contributed by atoms with van der Waals surface area (Å²) >= 11 is 0. The number of pyridine rings is 1. The average Bonchev–Trinajstić information content (AvgIpc) is 1.95. The molecule has 0 aliphatic heterocycles. The van der Waals surface area contributed by atoms with Crippen LogP contribution >= 0.6 is 24.8 Å². The van der Waals surface area contributed by atoms with Gasteiger partial charge in [-0.25, -0.2) is 0 Å². The minimum Gasteiger partial charge on any atom is -0.506 e. The number of hydrogen-bond acceptors (Lipinski definition) is 3. The van der Waals surface area contributed by atoms with Crippen LogP contribution in [-0.4, -0.2) is 15.2 Å². The van der Waals surface area contributed by atoms with Gasteiger partial charge in [0.05, 0.1) is 12.3 Å². The SMILES string of the molecule is Cc1nccc(CO)c1O.Cl.Cl. The fourth-order valence-corrected chi connectivity index (χ4v) is 0.739. The highest BCUT2D eigenvalue weighted by Crippen LogP contribution is 2.18. The Bertz CT molecular complexity index is 243. The van der Waals surface area contributed by atoms with E-state index >= 15 is 0 Å². The van der Waals surface area contributed by atoms with Crippen molar-refractivity contribution in [3.05, 3.63) is 23.5 Å². The normalized spacial score (nSPS) is 8.17. The van der Waals surface area contributed by atoms with Gasteiger partial charge in [-0.1, -0.05) is 0 Å². The molecule has 0 unspecified atom stereocenters. The highest BCUT2D eigenvalue weighted by atomic mass is 35.5. The van der Waals surface area contributed by atoms with Gasteiger partial charge in [-0.2, -0.15) is 0 Å². The van der Waals surface area contributed by atoms with Crippen molar-refractivity contribution in [3.63, 3.8) is 0 Å². The van der Waals surface area contributed by atoms with Crippen molar-refractivity contribution in [2.45, 2.75) is 13.5 Å². The number of aromatic nitrogens is 1. The molecule has 0 saturated heterocycles. The van der Waals surface area contributed by atoms with Crippen molar-refractivity contribution in [2.75, 3.05) is 0 Å². The summed E-state index contributed by atoms with van der Waals surface area (Å²) < 4.78 is 0. The summed E-state index contributed by atoms with van der Waals surface area (Å²) in [5.41, 5.74) is 1.07. The number of aliphatic hydroxyl groups excluding tert-OH is 1. The van der Waals surface area contributed by atoms with Crippen molar-refractivity contribution in [1.82, 2.24) is 4.98 Å². The number of rotatable bonds is 1. The first-order valence-corrected chi connectivity index (χ1v) is 3.00. The van der Waals surface area contributed by atoms with Crippen LogP contribution in [0.4, 0.5) is 0 Å². The number of halogens is 2. The van der Waals surface area contributed by atoms with Crippen LogP contribution in [-0.2, 0) is 6.61 Å². The van der Waals surface area contributed by atoms with Gasteiger partial charge in [-0.05, 0) is 13.0 Å². The monoisotopic (exact) mass is 211 g/mol. The van der Waals surface area contributed by atoms with Crippen molar-refractivity contribution in [2.24, 2.45) is 0 Å². The number of aryl methyl sites for hydroxylation is 1. The van der Waals surface area contributed by atoms with Crippen LogP contribution < -0.4 is 0 Å². The molecule has 5 heteroatoms. The average molecular weight is 212 g/mol. The van der Waals surface area contributed by atoms with E-state index in [4.69, 9.17) is 5.11 Å². The minimum absolute atomic E-state index is 0. The maximum atomic E-state index is 9.18. The minimum atomic E-state index is -0.144. The van der Waals surface area contributed by atoms with Crippen LogP contribution in [0.3, 0.4) is 0 Å². The van der Waals surface area contributed by atoms with Gasteiger partial charge in [-0.15, -0.1) is 24.8 Å². The lowest BCUT2D eigenvalue weighted by Crippen LogP contribution is -1.88. The zero-order valence-corrected chi connectivity index (χ0v) is 8.15. The Morgan fingerprint density at radius 2 is 2.00 bits per heavy atom. The second-order valence-electron chi connectivity index (χ2n) is 2.06. The van der Waals surface area contributed by atoms with Crippen LogP contribution in [0.25, 0.3) is 0 Å². The molecule has 0 aromatic carbocycles. The van der Waals surface area contributed by atoms with E-state index in [0.29, 0.717) is 11.3 Å². The summed E-state index contributed by atoms with van der Waals surface area (Å²) in [6, 6.07) is 1.59. The van der Waals surface area contributed by atoms with E-state index in [2.05, 4.69) is 4.98 Å². The number of aromatic hydroxyl groups is 1. The Labute approximate surface area is 83.3 Å². The molecule has 1 aromatic heterocycles. The topological polar surface area (TPSA) is 53.4 Å². The van der Waals surface area contributed by atoms with Crippen molar-refractivity contribution in [3.8, 4) is 5.75 Å². The van der Waals surface area contributed by atoms with Crippen molar-refractivity contribution >= 4 is 24.8 Å². The lowest BCUT2D eigenvalue weighted by Gasteiger charge is -2.01. The number of aliphatic hydroxyl groups is 1. The molecule has 0 bridgehead atoms. The second-order valence-corrected chi connectivity index (χ2v) is 2.06. The van der Waals surface area contributed by atoms with E-state index in [1.54, 1.807) is 19.2 Å². The van der Waals surface area contributed by atoms with Gasteiger partial charge in [0.15, 0.2) is 0 Å². The van der Waals surface area contributed by atoms with E-state index < -0.39 is 0 Å². The lowest BCUT2D eigenvalue weighted by atomic mass is 10.2.